The number of rotatable bonds is 41. The van der Waals surface area contributed by atoms with E-state index in [1.165, 1.54) is 173 Å². The van der Waals surface area contributed by atoms with Gasteiger partial charge in [0.2, 0.25) is 0 Å². The number of hydrogen-bond acceptors (Lipinski definition) is 3. The molecule has 0 spiro atoms. The summed E-state index contributed by atoms with van der Waals surface area (Å²) in [7, 11) is 0. The first kappa shape index (κ1) is 46.9. The molecule has 0 saturated carbocycles. The molecule has 0 saturated heterocycles. The summed E-state index contributed by atoms with van der Waals surface area (Å²) < 4.78 is 6.02. The lowest BCUT2D eigenvalue weighted by Gasteiger charge is -2.18. The first-order chi connectivity index (χ1) is 23.6. The highest BCUT2D eigenvalue weighted by atomic mass is 16.5. The molecule has 0 bridgehead atoms. The van der Waals surface area contributed by atoms with E-state index in [0.29, 0.717) is 6.42 Å². The van der Waals surface area contributed by atoms with E-state index in [1.54, 1.807) is 0 Å². The number of ether oxygens (including phenoxy) is 1. The first-order valence-corrected chi connectivity index (χ1v) is 22.0. The predicted octanol–water partition coefficient (Wildman–Crippen LogP) is 15.2. The van der Waals surface area contributed by atoms with Gasteiger partial charge in [-0.25, -0.2) is 0 Å². The molecule has 0 aromatic carbocycles. The Kier molecular flexibility index (Phi) is 39.5. The minimum Gasteiger partial charge on any atom is -0.481 e. The Balaban J connectivity index is 3.79. The Bertz CT molecular complexity index is 648. The third-order valence-electron chi connectivity index (χ3n) is 10.3. The molecule has 48 heavy (non-hydrogen) atoms. The van der Waals surface area contributed by atoms with Crippen LogP contribution in [0.5, 0.6) is 0 Å². The zero-order valence-corrected chi connectivity index (χ0v) is 32.8. The van der Waals surface area contributed by atoms with Gasteiger partial charge in [-0.2, -0.15) is 0 Å². The van der Waals surface area contributed by atoms with E-state index in [-0.39, 0.29) is 18.5 Å². The van der Waals surface area contributed by atoms with Crippen LogP contribution in [-0.2, 0) is 14.3 Å². The third kappa shape index (κ3) is 39.4. The molecule has 1 N–H and O–H groups in total. The lowest BCUT2D eigenvalue weighted by molar-refractivity contribution is -0.150. The van der Waals surface area contributed by atoms with Crippen LogP contribution in [0.2, 0.25) is 0 Å². The van der Waals surface area contributed by atoms with Gasteiger partial charge in [-0.3, -0.25) is 9.59 Å². The van der Waals surface area contributed by atoms with E-state index < -0.39 is 5.97 Å². The molecule has 0 fully saturated rings. The van der Waals surface area contributed by atoms with E-state index in [2.05, 4.69) is 13.8 Å². The summed E-state index contributed by atoms with van der Waals surface area (Å²) in [4.78, 5) is 23.4. The summed E-state index contributed by atoms with van der Waals surface area (Å²) in [6.45, 7) is 4.56. The van der Waals surface area contributed by atoms with Crippen LogP contribution in [0.3, 0.4) is 0 Å². The number of unbranched alkanes of at least 4 members (excludes halogenated alkanes) is 32. The zero-order chi connectivity index (χ0) is 35.0. The number of carbonyl (C=O) groups is 2. The monoisotopic (exact) mass is 679 g/mol. The summed E-state index contributed by atoms with van der Waals surface area (Å²) in [6, 6.07) is 0. The molecule has 0 aliphatic rings. The summed E-state index contributed by atoms with van der Waals surface area (Å²) in [5.74, 6) is -0.669. The van der Waals surface area contributed by atoms with Gasteiger partial charge < -0.3 is 9.84 Å². The van der Waals surface area contributed by atoms with Crippen LogP contribution in [0, 0.1) is 0 Å². The van der Waals surface area contributed by atoms with Crippen LogP contribution in [0.4, 0.5) is 0 Å². The molecule has 0 aliphatic heterocycles. The van der Waals surface area contributed by atoms with E-state index in [1.807, 2.05) is 0 Å². The van der Waals surface area contributed by atoms with Crippen molar-refractivity contribution in [2.75, 3.05) is 0 Å². The van der Waals surface area contributed by atoms with Crippen LogP contribution in [0.15, 0.2) is 0 Å². The van der Waals surface area contributed by atoms with Crippen molar-refractivity contribution in [3.63, 3.8) is 0 Å². The summed E-state index contributed by atoms with van der Waals surface area (Å²) >= 11 is 0. The van der Waals surface area contributed by atoms with Crippen LogP contribution in [0.1, 0.15) is 264 Å². The van der Waals surface area contributed by atoms with Crippen molar-refractivity contribution in [1.82, 2.24) is 0 Å². The summed E-state index contributed by atoms with van der Waals surface area (Å²) in [5, 5.41) is 8.79. The molecule has 0 rings (SSSR count). The molecular weight excluding hydrogens is 592 g/mol. The van der Waals surface area contributed by atoms with Crippen molar-refractivity contribution in [2.24, 2.45) is 0 Å². The molecule has 0 aromatic heterocycles. The smallest absolute Gasteiger partial charge is 0.306 e. The Morgan fingerprint density at radius 1 is 0.375 bits per heavy atom. The minimum atomic E-state index is -0.689. The lowest BCUT2D eigenvalue weighted by Crippen LogP contribution is -2.18. The van der Waals surface area contributed by atoms with E-state index >= 15 is 0 Å². The summed E-state index contributed by atoms with van der Waals surface area (Å²) in [5.41, 5.74) is 0. The first-order valence-electron chi connectivity index (χ1n) is 22.0. The minimum absolute atomic E-state index is 0.0195. The number of aliphatic carboxylic acids is 1. The summed E-state index contributed by atoms with van der Waals surface area (Å²) in [6.07, 6.45) is 48.6. The van der Waals surface area contributed by atoms with Gasteiger partial charge in [0.05, 0.1) is 0 Å². The van der Waals surface area contributed by atoms with Crippen molar-refractivity contribution in [3.8, 4) is 0 Å². The van der Waals surface area contributed by atoms with Gasteiger partial charge in [-0.1, -0.05) is 213 Å². The van der Waals surface area contributed by atoms with Gasteiger partial charge in [0.25, 0.3) is 0 Å². The van der Waals surface area contributed by atoms with Crippen molar-refractivity contribution in [3.05, 3.63) is 0 Å². The Labute approximate surface area is 301 Å². The van der Waals surface area contributed by atoms with Crippen molar-refractivity contribution >= 4 is 11.9 Å². The molecule has 1 atom stereocenters. The number of hydrogen-bond donors (Lipinski definition) is 1. The number of carbonyl (C=O) groups excluding carboxylic acids is 1. The van der Waals surface area contributed by atoms with Crippen LogP contribution in [-0.4, -0.2) is 23.1 Å². The van der Waals surface area contributed by atoms with Gasteiger partial charge >= 0.3 is 11.9 Å². The highest BCUT2D eigenvalue weighted by molar-refractivity contribution is 5.69. The topological polar surface area (TPSA) is 63.6 Å². The van der Waals surface area contributed by atoms with Crippen molar-refractivity contribution in [2.45, 2.75) is 270 Å². The highest BCUT2D eigenvalue weighted by Crippen LogP contribution is 2.19. The molecule has 0 radical (unpaired) electrons. The van der Waals surface area contributed by atoms with Gasteiger partial charge in [0, 0.05) is 12.8 Å². The van der Waals surface area contributed by atoms with Crippen molar-refractivity contribution < 1.29 is 19.4 Å². The standard InChI is InChI=1S/C44H86O4/c1-3-5-7-9-11-13-14-15-16-17-18-19-20-21-22-23-24-25-27-33-37-41-44(47)48-42(38-34-30-26-12-10-8-6-4-2)39-35-31-28-29-32-36-40-43(45)46/h42H,3-41H2,1-2H3,(H,45,46). The van der Waals surface area contributed by atoms with E-state index in [4.69, 9.17) is 9.84 Å². The second kappa shape index (κ2) is 40.4. The number of carboxylic acid groups (broad SMARTS) is 1. The number of carboxylic acids is 1. The molecular formula is C44H86O4. The average molecular weight is 679 g/mol. The molecule has 286 valence electrons. The van der Waals surface area contributed by atoms with E-state index in [9.17, 15) is 9.59 Å². The largest absolute Gasteiger partial charge is 0.481 e. The Morgan fingerprint density at radius 2 is 0.625 bits per heavy atom. The Hall–Kier alpha value is -1.06. The van der Waals surface area contributed by atoms with Gasteiger partial charge in [-0.05, 0) is 38.5 Å². The third-order valence-corrected chi connectivity index (χ3v) is 10.3. The van der Waals surface area contributed by atoms with Crippen LogP contribution < -0.4 is 0 Å². The number of esters is 1. The molecule has 4 heteroatoms. The van der Waals surface area contributed by atoms with Crippen LogP contribution >= 0.6 is 0 Å². The molecule has 0 amide bonds. The maximum absolute atomic E-state index is 12.7. The molecule has 4 nitrogen and oxygen atoms in total. The normalized spacial score (nSPS) is 12.0. The van der Waals surface area contributed by atoms with E-state index in [0.717, 1.165) is 64.2 Å². The predicted molar refractivity (Wildman–Crippen MR) is 209 cm³/mol. The van der Waals surface area contributed by atoms with Gasteiger partial charge in [0.15, 0.2) is 0 Å². The van der Waals surface area contributed by atoms with Gasteiger partial charge in [-0.15, -0.1) is 0 Å². The van der Waals surface area contributed by atoms with Gasteiger partial charge in [0.1, 0.15) is 6.10 Å². The second-order valence-electron chi connectivity index (χ2n) is 15.3. The second-order valence-corrected chi connectivity index (χ2v) is 15.3. The lowest BCUT2D eigenvalue weighted by atomic mass is 10.0. The average Bonchev–Trinajstić information content (AvgIpc) is 3.07. The highest BCUT2D eigenvalue weighted by Gasteiger charge is 2.14. The fourth-order valence-corrected chi connectivity index (χ4v) is 7.07. The SMILES string of the molecule is CCCCCCCCCCCCCCCCCCCCCCCC(=O)OC(CCCCCCCCCC)CCCCCCCCC(=O)O. The maximum Gasteiger partial charge on any atom is 0.306 e. The fraction of sp³-hybridized carbons (Fsp3) is 0.955. The maximum atomic E-state index is 12.7. The zero-order valence-electron chi connectivity index (χ0n) is 32.8. The molecule has 0 aliphatic carbocycles. The quantitative estimate of drug-likeness (QED) is 0.0516. The molecule has 1 unspecified atom stereocenters. The molecule has 0 aromatic rings. The Morgan fingerprint density at radius 3 is 0.917 bits per heavy atom. The van der Waals surface area contributed by atoms with Crippen molar-refractivity contribution in [1.29, 1.82) is 0 Å². The molecule has 0 heterocycles. The fourth-order valence-electron chi connectivity index (χ4n) is 7.07. The van der Waals surface area contributed by atoms with Crippen LogP contribution in [0.25, 0.3) is 0 Å².